The molecule has 0 aliphatic rings. The summed E-state index contributed by atoms with van der Waals surface area (Å²) in [5.74, 6) is 0.333. The molecule has 0 radical (unpaired) electrons. The molecule has 0 rings (SSSR count). The van der Waals surface area contributed by atoms with Gasteiger partial charge in [0, 0.05) is 0 Å². The van der Waals surface area contributed by atoms with Gasteiger partial charge in [-0.3, -0.25) is 0 Å². The van der Waals surface area contributed by atoms with Crippen molar-refractivity contribution >= 4 is 45.7 Å². The van der Waals surface area contributed by atoms with Gasteiger partial charge < -0.3 is 9.59 Å². The van der Waals surface area contributed by atoms with E-state index in [-0.39, 0.29) is 11.6 Å². The highest BCUT2D eigenvalue weighted by Gasteiger charge is 1.62. The predicted octanol–water partition coefficient (Wildman–Crippen LogP) is 5.01. The van der Waals surface area contributed by atoms with E-state index < -0.39 is 0 Å². The molecule has 0 aliphatic carbocycles. The summed E-state index contributed by atoms with van der Waals surface area (Å²) in [4.78, 5) is 20.9. The van der Waals surface area contributed by atoms with Gasteiger partial charge in [-0.2, -0.15) is 0 Å². The SMILES string of the molecule is CC.CC(C)=O.CC(C)=O.CC(C)=S.CC(C)=S. The van der Waals surface area contributed by atoms with Crippen LogP contribution in [0.25, 0.3) is 0 Å². The molecule has 2 nitrogen and oxygen atoms in total. The minimum absolute atomic E-state index is 0.167. The Kier molecular flexibility index (Phi) is 50.8. The van der Waals surface area contributed by atoms with Gasteiger partial charge in [-0.25, -0.2) is 0 Å². The zero-order valence-corrected chi connectivity index (χ0v) is 15.3. The van der Waals surface area contributed by atoms with Crippen molar-refractivity contribution in [3.05, 3.63) is 0 Å². The third kappa shape index (κ3) is 14200. The van der Waals surface area contributed by atoms with Crippen molar-refractivity contribution in [2.75, 3.05) is 0 Å². The van der Waals surface area contributed by atoms with Crippen LogP contribution in [0.4, 0.5) is 0 Å². The van der Waals surface area contributed by atoms with Crippen LogP contribution in [-0.4, -0.2) is 21.3 Å². The third-order valence-corrected chi connectivity index (χ3v) is 0. The molecule has 0 amide bonds. The molecule has 0 saturated heterocycles. The highest BCUT2D eigenvalue weighted by Crippen LogP contribution is 1.61. The van der Waals surface area contributed by atoms with Crippen molar-refractivity contribution in [3.63, 3.8) is 0 Å². The molecule has 0 unspecified atom stereocenters. The van der Waals surface area contributed by atoms with E-state index in [4.69, 9.17) is 0 Å². The topological polar surface area (TPSA) is 34.1 Å². The Morgan fingerprint density at radius 2 is 0.556 bits per heavy atom. The van der Waals surface area contributed by atoms with Gasteiger partial charge in [-0.1, -0.05) is 38.3 Å². The standard InChI is InChI=1S/2C3H6O.2C3H6S.C2H6/c4*1-3(2)4;1-2/h4*1-2H3;1-2H3. The van der Waals surface area contributed by atoms with E-state index in [0.717, 1.165) is 9.73 Å². The molecule has 0 aromatic rings. The molecule has 18 heavy (non-hydrogen) atoms. The van der Waals surface area contributed by atoms with Crippen LogP contribution >= 0.6 is 24.4 Å². The van der Waals surface area contributed by atoms with E-state index in [9.17, 15) is 9.59 Å². The van der Waals surface area contributed by atoms with Gasteiger partial charge in [0.05, 0.1) is 0 Å². The van der Waals surface area contributed by atoms with Gasteiger partial charge in [0.25, 0.3) is 0 Å². The highest BCUT2D eigenvalue weighted by atomic mass is 32.1. The molecule has 4 heteroatoms. The first kappa shape index (κ1) is 30.5. The fourth-order valence-electron chi connectivity index (χ4n) is 0. The van der Waals surface area contributed by atoms with Crippen LogP contribution in [0.1, 0.15) is 69.2 Å². The van der Waals surface area contributed by atoms with Crippen molar-refractivity contribution in [3.8, 4) is 0 Å². The average molecular weight is 295 g/mol. The maximum Gasteiger partial charge on any atom is 0.126 e. The van der Waals surface area contributed by atoms with Crippen LogP contribution < -0.4 is 0 Å². The molecular weight excluding hydrogens is 264 g/mol. The summed E-state index contributed by atoms with van der Waals surface area (Å²) in [7, 11) is 0. The number of thiocarbonyl (C=S) groups is 2. The molecule has 0 atom stereocenters. The fraction of sp³-hybridized carbons (Fsp3) is 0.714. The van der Waals surface area contributed by atoms with Crippen LogP contribution in [0.3, 0.4) is 0 Å². The monoisotopic (exact) mass is 294 g/mol. The Morgan fingerprint density at radius 3 is 0.556 bits per heavy atom. The van der Waals surface area contributed by atoms with Crippen molar-refractivity contribution in [2.24, 2.45) is 0 Å². The minimum Gasteiger partial charge on any atom is -0.300 e. The van der Waals surface area contributed by atoms with Crippen LogP contribution in [0.15, 0.2) is 0 Å². The van der Waals surface area contributed by atoms with Crippen LogP contribution in [-0.2, 0) is 9.59 Å². The molecule has 0 fully saturated rings. The Morgan fingerprint density at radius 1 is 0.556 bits per heavy atom. The molecule has 0 aromatic heterocycles. The molecule has 0 bridgehead atoms. The Bertz CT molecular complexity index is 158. The summed E-state index contributed by atoms with van der Waals surface area (Å²) in [6.07, 6.45) is 0. The second kappa shape index (κ2) is 30.0. The highest BCUT2D eigenvalue weighted by molar-refractivity contribution is 7.80. The van der Waals surface area contributed by atoms with Crippen molar-refractivity contribution in [2.45, 2.75) is 69.2 Å². The number of rotatable bonds is 0. The maximum absolute atomic E-state index is 9.44. The Balaban J connectivity index is -0.0000000399. The second-order valence-corrected chi connectivity index (χ2v) is 5.27. The van der Waals surface area contributed by atoms with Crippen molar-refractivity contribution < 1.29 is 9.59 Å². The number of ketones is 2. The van der Waals surface area contributed by atoms with Gasteiger partial charge in [0.2, 0.25) is 0 Å². The lowest BCUT2D eigenvalue weighted by atomic mass is 10.6. The minimum atomic E-state index is 0.167. The quantitative estimate of drug-likeness (QED) is 0.588. The number of carbonyl (C=O) groups is 2. The smallest absolute Gasteiger partial charge is 0.126 e. The summed E-state index contributed by atoms with van der Waals surface area (Å²) in [5.41, 5.74) is 0. The zero-order chi connectivity index (χ0) is 16.3. The summed E-state index contributed by atoms with van der Waals surface area (Å²) in [6.45, 7) is 17.7. The number of Topliss-reactive ketones (excluding diaryl/α,β-unsaturated/α-hetero) is 2. The van der Waals surface area contributed by atoms with Crippen LogP contribution in [0.5, 0.6) is 0 Å². The number of hydrogen-bond acceptors (Lipinski definition) is 4. The molecule has 0 heterocycles. The zero-order valence-electron chi connectivity index (χ0n) is 13.6. The summed E-state index contributed by atoms with van der Waals surface area (Å²) in [5, 5.41) is 0. The summed E-state index contributed by atoms with van der Waals surface area (Å²) >= 11 is 9.07. The first-order valence-electron chi connectivity index (χ1n) is 5.82. The first-order chi connectivity index (χ1) is 7.93. The first-order valence-corrected chi connectivity index (χ1v) is 6.63. The van der Waals surface area contributed by atoms with E-state index in [0.29, 0.717) is 0 Å². The second-order valence-electron chi connectivity index (χ2n) is 3.63. The third-order valence-electron chi connectivity index (χ3n) is 0. The number of carbonyl (C=O) groups excluding carboxylic acids is 2. The van der Waals surface area contributed by atoms with Crippen LogP contribution in [0.2, 0.25) is 0 Å². The average Bonchev–Trinajstić information content (AvgIpc) is 2.01. The molecular formula is C14H30O2S2. The molecule has 0 spiro atoms. The van der Waals surface area contributed by atoms with Gasteiger partial charge in [0.1, 0.15) is 11.6 Å². The Labute approximate surface area is 125 Å². The Hall–Kier alpha value is -0.480. The van der Waals surface area contributed by atoms with Gasteiger partial charge >= 0.3 is 0 Å². The van der Waals surface area contributed by atoms with Gasteiger partial charge in [-0.15, -0.1) is 0 Å². The largest absolute Gasteiger partial charge is 0.300 e. The molecule has 0 aliphatic heterocycles. The van der Waals surface area contributed by atoms with E-state index in [1.165, 1.54) is 27.7 Å². The van der Waals surface area contributed by atoms with Gasteiger partial charge in [0.15, 0.2) is 0 Å². The lowest BCUT2D eigenvalue weighted by molar-refractivity contribution is -0.115. The van der Waals surface area contributed by atoms with E-state index >= 15 is 0 Å². The molecule has 0 aromatic carbocycles. The van der Waals surface area contributed by atoms with Gasteiger partial charge in [-0.05, 0) is 65.1 Å². The molecule has 0 N–H and O–H groups in total. The fourth-order valence-corrected chi connectivity index (χ4v) is 0. The van der Waals surface area contributed by atoms with E-state index in [2.05, 4.69) is 24.4 Å². The summed E-state index contributed by atoms with van der Waals surface area (Å²) in [6, 6.07) is 0. The number of hydrogen-bond donors (Lipinski definition) is 0. The van der Waals surface area contributed by atoms with Crippen molar-refractivity contribution in [1.29, 1.82) is 0 Å². The normalized spacial score (nSPS) is 6.11. The lowest BCUT2D eigenvalue weighted by Crippen LogP contribution is -1.69. The van der Waals surface area contributed by atoms with E-state index in [1.807, 2.05) is 41.5 Å². The van der Waals surface area contributed by atoms with Crippen LogP contribution in [0, 0.1) is 0 Å². The molecule has 110 valence electrons. The lowest BCUT2D eigenvalue weighted by Gasteiger charge is -1.61. The molecule has 0 saturated carbocycles. The van der Waals surface area contributed by atoms with Crippen molar-refractivity contribution in [1.82, 2.24) is 0 Å². The van der Waals surface area contributed by atoms with E-state index in [1.54, 1.807) is 0 Å². The maximum atomic E-state index is 9.44. The summed E-state index contributed by atoms with van der Waals surface area (Å²) < 4.78 is 0. The predicted molar refractivity (Wildman–Crippen MR) is 92.0 cm³/mol.